The summed E-state index contributed by atoms with van der Waals surface area (Å²) in [5, 5.41) is 5.64. The first kappa shape index (κ1) is 16.1. The van der Waals surface area contributed by atoms with Gasteiger partial charge in [-0.1, -0.05) is 0 Å². The van der Waals surface area contributed by atoms with Gasteiger partial charge < -0.3 is 15.4 Å². The fourth-order valence-corrected chi connectivity index (χ4v) is 2.52. The molecule has 0 radical (unpaired) electrons. The highest BCUT2D eigenvalue weighted by atomic mass is 16.5. The van der Waals surface area contributed by atoms with E-state index in [1.165, 1.54) is 6.20 Å². The second-order valence-electron chi connectivity index (χ2n) is 5.62. The van der Waals surface area contributed by atoms with Crippen LogP contribution in [0, 0.1) is 0 Å². The smallest absolute Gasteiger partial charge is 0.257 e. The van der Waals surface area contributed by atoms with Crippen molar-refractivity contribution in [2.45, 2.75) is 18.9 Å². The second kappa shape index (κ2) is 7.70. The van der Waals surface area contributed by atoms with Gasteiger partial charge in [-0.15, -0.1) is 0 Å². The minimum atomic E-state index is -0.237. The zero-order valence-electron chi connectivity index (χ0n) is 13.2. The Bertz CT molecular complexity index is 695. The number of nitrogens with zero attached hydrogens (tertiary/aromatic N) is 1. The van der Waals surface area contributed by atoms with Crippen molar-refractivity contribution < 1.29 is 14.3 Å². The van der Waals surface area contributed by atoms with Crippen LogP contribution < -0.4 is 10.6 Å². The summed E-state index contributed by atoms with van der Waals surface area (Å²) in [5.41, 5.74) is 1.66. The maximum atomic E-state index is 12.1. The van der Waals surface area contributed by atoms with Crippen LogP contribution in [0.1, 0.15) is 33.6 Å². The summed E-state index contributed by atoms with van der Waals surface area (Å²) in [5.74, 6) is -0.380. The van der Waals surface area contributed by atoms with Crippen LogP contribution in [0.25, 0.3) is 0 Å². The van der Waals surface area contributed by atoms with Crippen LogP contribution >= 0.6 is 0 Å². The first-order valence-electron chi connectivity index (χ1n) is 7.93. The van der Waals surface area contributed by atoms with E-state index in [1.54, 1.807) is 42.6 Å². The third-order valence-corrected chi connectivity index (χ3v) is 3.84. The van der Waals surface area contributed by atoms with Crippen LogP contribution in [0.3, 0.4) is 0 Å². The highest BCUT2D eigenvalue weighted by Crippen LogP contribution is 2.13. The molecule has 2 amide bonds. The number of ether oxygens (including phenoxy) is 1. The summed E-state index contributed by atoms with van der Waals surface area (Å²) in [7, 11) is 0. The van der Waals surface area contributed by atoms with Gasteiger partial charge in [0.05, 0.1) is 11.7 Å². The Labute approximate surface area is 140 Å². The molecule has 3 rings (SSSR count). The number of hydrogen-bond donors (Lipinski definition) is 2. The van der Waals surface area contributed by atoms with E-state index in [9.17, 15) is 9.59 Å². The molecule has 1 fully saturated rings. The third kappa shape index (κ3) is 4.17. The van der Waals surface area contributed by atoms with E-state index in [0.29, 0.717) is 23.4 Å². The van der Waals surface area contributed by atoms with Crippen molar-refractivity contribution in [2.24, 2.45) is 0 Å². The summed E-state index contributed by atoms with van der Waals surface area (Å²) in [6.45, 7) is 1.30. The van der Waals surface area contributed by atoms with Gasteiger partial charge in [-0.3, -0.25) is 14.6 Å². The van der Waals surface area contributed by atoms with Gasteiger partial charge in [0.25, 0.3) is 11.8 Å². The summed E-state index contributed by atoms with van der Waals surface area (Å²) >= 11 is 0. The molecule has 1 aromatic heterocycles. The Morgan fingerprint density at radius 1 is 1.12 bits per heavy atom. The van der Waals surface area contributed by atoms with Crippen LogP contribution in [0.4, 0.5) is 5.69 Å². The lowest BCUT2D eigenvalue weighted by molar-refractivity contribution is 0.0857. The van der Waals surface area contributed by atoms with Crippen molar-refractivity contribution in [3.63, 3.8) is 0 Å². The summed E-state index contributed by atoms with van der Waals surface area (Å²) in [4.78, 5) is 28.0. The van der Waals surface area contributed by atoms with Crippen molar-refractivity contribution >= 4 is 17.5 Å². The standard InChI is InChI=1S/C18H19N3O3/c22-17(20-12-16-4-2-10-24-16)13-5-7-15(8-6-13)21-18(23)14-3-1-9-19-11-14/h1,3,5-9,11,16H,2,4,10,12H2,(H,20,22)(H,21,23). The van der Waals surface area contributed by atoms with Crippen molar-refractivity contribution in [3.8, 4) is 0 Å². The molecule has 2 heterocycles. The number of benzene rings is 1. The summed E-state index contributed by atoms with van der Waals surface area (Å²) in [6, 6.07) is 10.2. The van der Waals surface area contributed by atoms with Gasteiger partial charge in [-0.2, -0.15) is 0 Å². The number of aromatic nitrogens is 1. The zero-order chi connectivity index (χ0) is 16.8. The second-order valence-corrected chi connectivity index (χ2v) is 5.62. The molecule has 1 aliphatic heterocycles. The monoisotopic (exact) mass is 325 g/mol. The van der Waals surface area contributed by atoms with Crippen LogP contribution in [0.2, 0.25) is 0 Å². The Hall–Kier alpha value is -2.73. The first-order chi connectivity index (χ1) is 11.7. The molecule has 6 heteroatoms. The maximum absolute atomic E-state index is 12.1. The lowest BCUT2D eigenvalue weighted by Crippen LogP contribution is -2.31. The molecule has 0 spiro atoms. The van der Waals surface area contributed by atoms with E-state index in [2.05, 4.69) is 15.6 Å². The molecule has 24 heavy (non-hydrogen) atoms. The average Bonchev–Trinajstić information content (AvgIpc) is 3.14. The van der Waals surface area contributed by atoms with E-state index in [-0.39, 0.29) is 17.9 Å². The van der Waals surface area contributed by atoms with E-state index in [4.69, 9.17) is 4.74 Å². The molecule has 0 bridgehead atoms. The number of rotatable bonds is 5. The Kier molecular flexibility index (Phi) is 5.18. The van der Waals surface area contributed by atoms with E-state index in [1.807, 2.05) is 0 Å². The third-order valence-electron chi connectivity index (χ3n) is 3.84. The molecule has 1 unspecified atom stereocenters. The summed E-state index contributed by atoms with van der Waals surface area (Å²) in [6.07, 6.45) is 5.26. The number of carbonyl (C=O) groups is 2. The number of nitrogens with one attached hydrogen (secondary N) is 2. The lowest BCUT2D eigenvalue weighted by atomic mass is 10.1. The molecule has 0 saturated carbocycles. The predicted octanol–water partition coefficient (Wildman–Crippen LogP) is 2.24. The van der Waals surface area contributed by atoms with Gasteiger partial charge in [0.15, 0.2) is 0 Å². The molecule has 6 nitrogen and oxygen atoms in total. The minimum absolute atomic E-state index is 0.118. The van der Waals surface area contributed by atoms with Gasteiger partial charge >= 0.3 is 0 Å². The molecule has 1 saturated heterocycles. The zero-order valence-corrected chi connectivity index (χ0v) is 13.2. The van der Waals surface area contributed by atoms with Gasteiger partial charge in [-0.05, 0) is 49.2 Å². The quantitative estimate of drug-likeness (QED) is 0.883. The minimum Gasteiger partial charge on any atom is -0.376 e. The molecule has 0 aliphatic carbocycles. The van der Waals surface area contributed by atoms with E-state index < -0.39 is 0 Å². The molecule has 1 aliphatic rings. The SMILES string of the molecule is O=C(NCC1CCCO1)c1ccc(NC(=O)c2cccnc2)cc1. The first-order valence-corrected chi connectivity index (χ1v) is 7.93. The molecule has 2 aromatic rings. The van der Waals surface area contributed by atoms with E-state index in [0.717, 1.165) is 19.4 Å². The Morgan fingerprint density at radius 3 is 2.62 bits per heavy atom. The van der Waals surface area contributed by atoms with Gasteiger partial charge in [-0.25, -0.2) is 0 Å². The van der Waals surface area contributed by atoms with E-state index >= 15 is 0 Å². The average molecular weight is 325 g/mol. The van der Waals surface area contributed by atoms with Crippen molar-refractivity contribution in [1.29, 1.82) is 0 Å². The molecule has 2 N–H and O–H groups in total. The van der Waals surface area contributed by atoms with Crippen LogP contribution in [-0.4, -0.2) is 36.1 Å². The lowest BCUT2D eigenvalue weighted by Gasteiger charge is -2.11. The predicted molar refractivity (Wildman–Crippen MR) is 89.9 cm³/mol. The number of pyridine rings is 1. The van der Waals surface area contributed by atoms with Crippen molar-refractivity contribution in [1.82, 2.24) is 10.3 Å². The molecule has 124 valence electrons. The topological polar surface area (TPSA) is 80.3 Å². The highest BCUT2D eigenvalue weighted by molar-refractivity contribution is 6.04. The van der Waals surface area contributed by atoms with Crippen LogP contribution in [0.15, 0.2) is 48.8 Å². The highest BCUT2D eigenvalue weighted by Gasteiger charge is 2.16. The largest absolute Gasteiger partial charge is 0.376 e. The number of hydrogen-bond acceptors (Lipinski definition) is 4. The Balaban J connectivity index is 1.54. The van der Waals surface area contributed by atoms with Gasteiger partial charge in [0.1, 0.15) is 0 Å². The van der Waals surface area contributed by atoms with Gasteiger partial charge in [0, 0.05) is 36.8 Å². The number of carbonyl (C=O) groups excluding carboxylic acids is 2. The molecule has 1 atom stereocenters. The number of amides is 2. The molecular formula is C18H19N3O3. The fourth-order valence-electron chi connectivity index (χ4n) is 2.52. The number of anilines is 1. The fraction of sp³-hybridized carbons (Fsp3) is 0.278. The normalized spacial score (nSPS) is 16.6. The van der Waals surface area contributed by atoms with Crippen molar-refractivity contribution in [3.05, 3.63) is 59.9 Å². The molecule has 1 aromatic carbocycles. The summed E-state index contributed by atoms with van der Waals surface area (Å²) < 4.78 is 5.48. The van der Waals surface area contributed by atoms with Crippen LogP contribution in [-0.2, 0) is 4.74 Å². The Morgan fingerprint density at radius 2 is 1.96 bits per heavy atom. The maximum Gasteiger partial charge on any atom is 0.257 e. The van der Waals surface area contributed by atoms with Gasteiger partial charge in [0.2, 0.25) is 0 Å². The van der Waals surface area contributed by atoms with Crippen molar-refractivity contribution in [2.75, 3.05) is 18.5 Å². The molecular weight excluding hydrogens is 306 g/mol. The van der Waals surface area contributed by atoms with Crippen LogP contribution in [0.5, 0.6) is 0 Å².